The summed E-state index contributed by atoms with van der Waals surface area (Å²) in [5, 5.41) is 2.97. The second kappa shape index (κ2) is 4.78. The summed E-state index contributed by atoms with van der Waals surface area (Å²) in [6.07, 6.45) is 0. The van der Waals surface area contributed by atoms with E-state index in [9.17, 15) is 9.18 Å². The monoisotopic (exact) mass is 229 g/mol. The normalized spacial score (nSPS) is 10.0. The minimum absolute atomic E-state index is 0.174. The second-order valence-corrected chi connectivity index (χ2v) is 3.67. The molecule has 0 aromatic heterocycles. The van der Waals surface area contributed by atoms with E-state index in [-0.39, 0.29) is 5.78 Å². The Bertz CT molecular complexity index is 534. The van der Waals surface area contributed by atoms with Gasteiger partial charge in [0.2, 0.25) is 0 Å². The fourth-order valence-corrected chi connectivity index (χ4v) is 1.58. The van der Waals surface area contributed by atoms with Crippen molar-refractivity contribution in [1.29, 1.82) is 0 Å². The van der Waals surface area contributed by atoms with Gasteiger partial charge >= 0.3 is 0 Å². The molecule has 3 heteroatoms. The minimum atomic E-state index is -0.400. The maximum Gasteiger partial charge on any atom is 0.193 e. The fourth-order valence-electron chi connectivity index (χ4n) is 1.58. The molecule has 0 saturated heterocycles. The molecule has 2 rings (SSSR count). The van der Waals surface area contributed by atoms with E-state index in [4.69, 9.17) is 0 Å². The van der Waals surface area contributed by atoms with E-state index in [0.717, 1.165) is 5.69 Å². The molecule has 0 amide bonds. The molecule has 0 fully saturated rings. The molecule has 0 aliphatic rings. The predicted octanol–water partition coefficient (Wildman–Crippen LogP) is 3.10. The number of benzene rings is 2. The number of hydrogen-bond acceptors (Lipinski definition) is 2. The Hall–Kier alpha value is -2.16. The van der Waals surface area contributed by atoms with E-state index in [0.29, 0.717) is 11.1 Å². The number of rotatable bonds is 3. The van der Waals surface area contributed by atoms with E-state index in [1.165, 1.54) is 18.2 Å². The van der Waals surface area contributed by atoms with Gasteiger partial charge in [-0.2, -0.15) is 0 Å². The largest absolute Gasteiger partial charge is 0.388 e. The van der Waals surface area contributed by atoms with Gasteiger partial charge in [0.05, 0.1) is 0 Å². The first-order chi connectivity index (χ1) is 8.20. The highest BCUT2D eigenvalue weighted by Gasteiger charge is 2.09. The van der Waals surface area contributed by atoms with Gasteiger partial charge in [-0.15, -0.1) is 0 Å². The quantitative estimate of drug-likeness (QED) is 0.819. The van der Waals surface area contributed by atoms with Crippen LogP contribution in [0.4, 0.5) is 10.1 Å². The summed E-state index contributed by atoms with van der Waals surface area (Å²) < 4.78 is 13.0. The summed E-state index contributed by atoms with van der Waals surface area (Å²) >= 11 is 0. The molecule has 17 heavy (non-hydrogen) atoms. The molecule has 2 aromatic rings. The average Bonchev–Trinajstić information content (AvgIpc) is 2.38. The smallest absolute Gasteiger partial charge is 0.193 e. The number of carbonyl (C=O) groups is 1. The van der Waals surface area contributed by atoms with E-state index in [2.05, 4.69) is 5.32 Å². The minimum Gasteiger partial charge on any atom is -0.388 e. The Morgan fingerprint density at radius 1 is 1.06 bits per heavy atom. The summed E-state index contributed by atoms with van der Waals surface area (Å²) in [6.45, 7) is 0. The van der Waals surface area contributed by atoms with Gasteiger partial charge in [-0.25, -0.2) is 4.39 Å². The lowest BCUT2D eigenvalue weighted by Crippen LogP contribution is -2.01. The molecule has 0 spiro atoms. The van der Waals surface area contributed by atoms with Gasteiger partial charge in [0, 0.05) is 23.9 Å². The van der Waals surface area contributed by atoms with E-state index < -0.39 is 5.82 Å². The Morgan fingerprint density at radius 2 is 1.76 bits per heavy atom. The first kappa shape index (κ1) is 11.3. The zero-order chi connectivity index (χ0) is 12.3. The molecule has 0 unspecified atom stereocenters. The zero-order valence-electron chi connectivity index (χ0n) is 9.41. The average molecular weight is 229 g/mol. The summed E-state index contributed by atoms with van der Waals surface area (Å²) in [6, 6.07) is 12.8. The van der Waals surface area contributed by atoms with Crippen LogP contribution in [0, 0.1) is 5.82 Å². The molecular formula is C14H12FNO. The van der Waals surface area contributed by atoms with Crippen LogP contribution < -0.4 is 5.32 Å². The number of hydrogen-bond donors (Lipinski definition) is 1. The van der Waals surface area contributed by atoms with Gasteiger partial charge in [-0.05, 0) is 36.4 Å². The number of halogens is 1. The predicted molar refractivity (Wildman–Crippen MR) is 65.8 cm³/mol. The van der Waals surface area contributed by atoms with Crippen LogP contribution in [0.3, 0.4) is 0 Å². The fraction of sp³-hybridized carbons (Fsp3) is 0.0714. The maximum atomic E-state index is 13.0. The van der Waals surface area contributed by atoms with Crippen LogP contribution in [0.5, 0.6) is 0 Å². The maximum absolute atomic E-state index is 13.0. The van der Waals surface area contributed by atoms with Crippen LogP contribution in [0.15, 0.2) is 48.5 Å². The molecule has 2 aromatic carbocycles. The summed E-state index contributed by atoms with van der Waals surface area (Å²) in [7, 11) is 1.81. The number of ketones is 1. The van der Waals surface area contributed by atoms with Crippen molar-refractivity contribution >= 4 is 11.5 Å². The first-order valence-corrected chi connectivity index (χ1v) is 5.29. The van der Waals surface area contributed by atoms with Gasteiger partial charge in [-0.3, -0.25) is 4.79 Å². The van der Waals surface area contributed by atoms with E-state index in [1.807, 2.05) is 19.2 Å². The SMILES string of the molecule is CNc1ccc(C(=O)c2cccc(F)c2)cc1. The molecule has 0 bridgehead atoms. The lowest BCUT2D eigenvalue weighted by atomic mass is 10.0. The van der Waals surface area contributed by atoms with Gasteiger partial charge in [0.25, 0.3) is 0 Å². The zero-order valence-corrected chi connectivity index (χ0v) is 9.41. The van der Waals surface area contributed by atoms with Crippen molar-refractivity contribution in [3.63, 3.8) is 0 Å². The Kier molecular flexibility index (Phi) is 3.19. The lowest BCUT2D eigenvalue weighted by molar-refractivity contribution is 0.103. The highest BCUT2D eigenvalue weighted by molar-refractivity contribution is 6.09. The van der Waals surface area contributed by atoms with Crippen molar-refractivity contribution in [2.75, 3.05) is 12.4 Å². The van der Waals surface area contributed by atoms with Gasteiger partial charge in [0.1, 0.15) is 5.82 Å². The molecule has 0 heterocycles. The standard InChI is InChI=1S/C14H12FNO/c1-16-13-7-5-10(6-8-13)14(17)11-3-2-4-12(15)9-11/h2-9,16H,1H3. The topological polar surface area (TPSA) is 29.1 Å². The van der Waals surface area contributed by atoms with Crippen LogP contribution in [0.1, 0.15) is 15.9 Å². The van der Waals surface area contributed by atoms with Crippen molar-refractivity contribution in [3.05, 3.63) is 65.5 Å². The highest BCUT2D eigenvalue weighted by Crippen LogP contribution is 2.14. The number of anilines is 1. The van der Waals surface area contributed by atoms with Crippen molar-refractivity contribution in [1.82, 2.24) is 0 Å². The van der Waals surface area contributed by atoms with Crippen LogP contribution in [-0.4, -0.2) is 12.8 Å². The summed E-state index contributed by atoms with van der Waals surface area (Å²) in [4.78, 5) is 12.0. The molecule has 1 N–H and O–H groups in total. The second-order valence-electron chi connectivity index (χ2n) is 3.67. The van der Waals surface area contributed by atoms with Crippen LogP contribution >= 0.6 is 0 Å². The van der Waals surface area contributed by atoms with Crippen LogP contribution in [-0.2, 0) is 0 Å². The number of carbonyl (C=O) groups excluding carboxylic acids is 1. The molecule has 2 nitrogen and oxygen atoms in total. The van der Waals surface area contributed by atoms with Gasteiger partial charge < -0.3 is 5.32 Å². The number of nitrogens with one attached hydrogen (secondary N) is 1. The molecule has 0 radical (unpaired) electrons. The van der Waals surface area contributed by atoms with Crippen molar-refractivity contribution in [2.24, 2.45) is 0 Å². The molecule has 0 atom stereocenters. The van der Waals surface area contributed by atoms with Crippen LogP contribution in [0.25, 0.3) is 0 Å². The Morgan fingerprint density at radius 3 is 2.35 bits per heavy atom. The van der Waals surface area contributed by atoms with Gasteiger partial charge in [-0.1, -0.05) is 12.1 Å². The summed E-state index contributed by atoms with van der Waals surface area (Å²) in [5.74, 6) is -0.574. The third kappa shape index (κ3) is 2.50. The Balaban J connectivity index is 2.30. The summed E-state index contributed by atoms with van der Waals surface area (Å²) in [5.41, 5.74) is 1.84. The van der Waals surface area contributed by atoms with Crippen LogP contribution in [0.2, 0.25) is 0 Å². The van der Waals surface area contributed by atoms with Crippen molar-refractivity contribution < 1.29 is 9.18 Å². The lowest BCUT2D eigenvalue weighted by Gasteiger charge is -2.03. The molecule has 0 aliphatic heterocycles. The van der Waals surface area contributed by atoms with E-state index in [1.54, 1.807) is 18.2 Å². The molecule has 0 saturated carbocycles. The van der Waals surface area contributed by atoms with Crippen molar-refractivity contribution in [3.8, 4) is 0 Å². The highest BCUT2D eigenvalue weighted by atomic mass is 19.1. The molecular weight excluding hydrogens is 217 g/mol. The van der Waals surface area contributed by atoms with Gasteiger partial charge in [0.15, 0.2) is 5.78 Å². The van der Waals surface area contributed by atoms with Crippen molar-refractivity contribution in [2.45, 2.75) is 0 Å². The Labute approximate surface area is 99.1 Å². The third-order valence-electron chi connectivity index (χ3n) is 2.52. The molecule has 86 valence electrons. The first-order valence-electron chi connectivity index (χ1n) is 5.29. The third-order valence-corrected chi connectivity index (χ3v) is 2.52. The molecule has 0 aliphatic carbocycles. The van der Waals surface area contributed by atoms with E-state index >= 15 is 0 Å².